The number of carbonyl (C=O) groups is 3. The molecule has 1 aromatic rings. The fraction of sp³-hybridized carbons (Fsp3) is 0.357. The highest BCUT2D eigenvalue weighted by atomic mass is 16.7. The lowest BCUT2D eigenvalue weighted by atomic mass is 9.86. The van der Waals surface area contributed by atoms with Crippen molar-refractivity contribution in [2.75, 3.05) is 13.4 Å². The summed E-state index contributed by atoms with van der Waals surface area (Å²) in [7, 11) is 0. The molecule has 3 unspecified atom stereocenters. The van der Waals surface area contributed by atoms with Crippen molar-refractivity contribution >= 4 is 18.1 Å². The Balaban J connectivity index is 1.81. The molecule has 0 aromatic heterocycles. The number of imide groups is 1. The lowest BCUT2D eigenvalue weighted by molar-refractivity contribution is -0.142. The maximum Gasteiger partial charge on any atom is 0.416 e. The van der Waals surface area contributed by atoms with Gasteiger partial charge in [-0.3, -0.25) is 4.79 Å². The summed E-state index contributed by atoms with van der Waals surface area (Å²) in [4.78, 5) is 36.3. The zero-order chi connectivity index (χ0) is 16.1. The highest BCUT2D eigenvalue weighted by Gasteiger charge is 2.53. The predicted molar refractivity (Wildman–Crippen MR) is 71.9 cm³/mol. The molecule has 0 aliphatic carbocycles. The van der Waals surface area contributed by atoms with Crippen molar-refractivity contribution in [2.45, 2.75) is 12.1 Å². The first-order valence-electron chi connectivity index (χ1n) is 6.95. The van der Waals surface area contributed by atoms with E-state index in [2.05, 4.69) is 5.32 Å². The fourth-order valence-corrected chi connectivity index (χ4v) is 3.19. The van der Waals surface area contributed by atoms with Gasteiger partial charge in [0.05, 0.1) is 12.1 Å². The van der Waals surface area contributed by atoms with E-state index >= 15 is 0 Å². The number of benzene rings is 1. The van der Waals surface area contributed by atoms with Crippen LogP contribution in [0, 0.1) is 5.92 Å². The van der Waals surface area contributed by atoms with Gasteiger partial charge in [-0.15, -0.1) is 0 Å². The number of nitrogens with zero attached hydrogens (tertiary/aromatic N) is 1. The third-order valence-electron chi connectivity index (χ3n) is 4.20. The van der Waals surface area contributed by atoms with Crippen LogP contribution in [-0.2, 0) is 9.53 Å². The molecule has 0 radical (unpaired) electrons. The van der Waals surface area contributed by atoms with Gasteiger partial charge in [-0.05, 0) is 17.7 Å². The van der Waals surface area contributed by atoms with Gasteiger partial charge in [0.15, 0.2) is 11.5 Å². The molecule has 3 amide bonds. The number of ether oxygens (including phenoxy) is 3. The molecule has 0 spiro atoms. The first kappa shape index (κ1) is 13.7. The number of hydrogen-bond acceptors (Lipinski definition) is 6. The third-order valence-corrected chi connectivity index (χ3v) is 4.20. The lowest BCUT2D eigenvalue weighted by Crippen LogP contribution is -2.59. The van der Waals surface area contributed by atoms with Gasteiger partial charge in [-0.25, -0.2) is 14.5 Å². The van der Waals surface area contributed by atoms with E-state index in [-0.39, 0.29) is 13.4 Å². The van der Waals surface area contributed by atoms with Crippen LogP contribution in [0.25, 0.3) is 0 Å². The first-order valence-corrected chi connectivity index (χ1v) is 6.95. The highest BCUT2D eigenvalue weighted by Crippen LogP contribution is 2.42. The second-order valence-electron chi connectivity index (χ2n) is 5.42. The van der Waals surface area contributed by atoms with Crippen LogP contribution < -0.4 is 14.8 Å². The Morgan fingerprint density at radius 3 is 2.78 bits per heavy atom. The molecule has 2 saturated heterocycles. The number of carbonyl (C=O) groups excluding carboxylic acids is 2. The average Bonchev–Trinajstić information content (AvgIpc) is 3.11. The summed E-state index contributed by atoms with van der Waals surface area (Å²) in [6.07, 6.45) is -1.44. The van der Waals surface area contributed by atoms with Gasteiger partial charge in [-0.1, -0.05) is 6.07 Å². The summed E-state index contributed by atoms with van der Waals surface area (Å²) in [5, 5.41) is 11.9. The number of amides is 3. The van der Waals surface area contributed by atoms with Gasteiger partial charge in [0, 0.05) is 0 Å². The van der Waals surface area contributed by atoms with Gasteiger partial charge in [0.25, 0.3) is 0 Å². The van der Waals surface area contributed by atoms with Crippen LogP contribution in [0.2, 0.25) is 0 Å². The van der Waals surface area contributed by atoms with E-state index in [1.165, 1.54) is 0 Å². The van der Waals surface area contributed by atoms with Gasteiger partial charge in [-0.2, -0.15) is 0 Å². The van der Waals surface area contributed by atoms with Gasteiger partial charge < -0.3 is 24.6 Å². The van der Waals surface area contributed by atoms with Crippen molar-refractivity contribution in [3.8, 4) is 11.5 Å². The molecule has 3 aliphatic rings. The van der Waals surface area contributed by atoms with Crippen LogP contribution >= 0.6 is 0 Å². The Hall–Kier alpha value is -2.97. The molecule has 23 heavy (non-hydrogen) atoms. The molecule has 3 aliphatic heterocycles. The Morgan fingerprint density at radius 1 is 1.22 bits per heavy atom. The molecular weight excluding hydrogens is 308 g/mol. The summed E-state index contributed by atoms with van der Waals surface area (Å²) in [5.41, 5.74) is 0.473. The van der Waals surface area contributed by atoms with E-state index in [9.17, 15) is 19.5 Å². The zero-order valence-electron chi connectivity index (χ0n) is 11.7. The number of esters is 1. The maximum absolute atomic E-state index is 12.1. The van der Waals surface area contributed by atoms with Crippen LogP contribution in [-0.4, -0.2) is 47.5 Å². The molecule has 120 valence electrons. The highest BCUT2D eigenvalue weighted by molar-refractivity contribution is 5.94. The van der Waals surface area contributed by atoms with Crippen LogP contribution in [0.3, 0.4) is 0 Å². The average molecular weight is 320 g/mol. The minimum Gasteiger partial charge on any atom is -0.465 e. The van der Waals surface area contributed by atoms with Gasteiger partial charge in [0.1, 0.15) is 12.5 Å². The number of rotatable bonds is 1. The van der Waals surface area contributed by atoms with Gasteiger partial charge >= 0.3 is 18.1 Å². The molecule has 9 heteroatoms. The Bertz CT molecular complexity index is 719. The lowest BCUT2D eigenvalue weighted by Gasteiger charge is -2.38. The normalized spacial score (nSPS) is 28.2. The number of carboxylic acid groups (broad SMARTS) is 1. The summed E-state index contributed by atoms with van der Waals surface area (Å²) in [6, 6.07) is 2.52. The van der Waals surface area contributed by atoms with Crippen molar-refractivity contribution in [3.05, 3.63) is 23.8 Å². The van der Waals surface area contributed by atoms with Crippen molar-refractivity contribution in [2.24, 2.45) is 5.92 Å². The molecule has 3 heterocycles. The second-order valence-corrected chi connectivity index (χ2v) is 5.42. The number of cyclic esters (lactones) is 1. The SMILES string of the molecule is O=C1OCC2NC(=O)N(C(=O)O)C(c3ccc4c(c3)OCO4)C12. The summed E-state index contributed by atoms with van der Waals surface area (Å²) < 4.78 is 15.5. The molecule has 3 atom stereocenters. The smallest absolute Gasteiger partial charge is 0.416 e. The quantitative estimate of drug-likeness (QED) is 0.732. The van der Waals surface area contributed by atoms with Crippen LogP contribution in [0.15, 0.2) is 18.2 Å². The van der Waals surface area contributed by atoms with Gasteiger partial charge in [0.2, 0.25) is 6.79 Å². The third kappa shape index (κ3) is 1.96. The van der Waals surface area contributed by atoms with Crippen molar-refractivity contribution in [1.82, 2.24) is 10.2 Å². The van der Waals surface area contributed by atoms with E-state index in [0.29, 0.717) is 22.0 Å². The topological polar surface area (TPSA) is 114 Å². The molecule has 0 bridgehead atoms. The minimum atomic E-state index is -1.44. The molecule has 2 N–H and O–H groups in total. The maximum atomic E-state index is 12.1. The molecule has 1 aromatic carbocycles. The number of hydrogen-bond donors (Lipinski definition) is 2. The van der Waals surface area contributed by atoms with Crippen molar-refractivity contribution < 1.29 is 33.7 Å². The van der Waals surface area contributed by atoms with E-state index in [4.69, 9.17) is 14.2 Å². The van der Waals surface area contributed by atoms with E-state index in [0.717, 1.165) is 0 Å². The monoisotopic (exact) mass is 320 g/mol. The van der Waals surface area contributed by atoms with E-state index in [1.807, 2.05) is 0 Å². The number of nitrogens with one attached hydrogen (secondary N) is 1. The van der Waals surface area contributed by atoms with Crippen LogP contribution in [0.1, 0.15) is 11.6 Å². The molecule has 9 nitrogen and oxygen atoms in total. The Morgan fingerprint density at radius 2 is 2.00 bits per heavy atom. The van der Waals surface area contributed by atoms with E-state index in [1.54, 1.807) is 18.2 Å². The zero-order valence-corrected chi connectivity index (χ0v) is 11.7. The summed E-state index contributed by atoms with van der Waals surface area (Å²) >= 11 is 0. The largest absolute Gasteiger partial charge is 0.465 e. The van der Waals surface area contributed by atoms with Crippen LogP contribution in [0.5, 0.6) is 11.5 Å². The van der Waals surface area contributed by atoms with Crippen molar-refractivity contribution in [3.63, 3.8) is 0 Å². The van der Waals surface area contributed by atoms with Crippen LogP contribution in [0.4, 0.5) is 9.59 Å². The molecule has 2 fully saturated rings. The first-order chi connectivity index (χ1) is 11.1. The van der Waals surface area contributed by atoms with E-state index < -0.39 is 36.1 Å². The number of fused-ring (bicyclic) bond motifs is 2. The van der Waals surface area contributed by atoms with Crippen molar-refractivity contribution in [1.29, 1.82) is 0 Å². The summed E-state index contributed by atoms with van der Waals surface area (Å²) in [5.74, 6) is -0.365. The fourth-order valence-electron chi connectivity index (χ4n) is 3.19. The molecule has 0 saturated carbocycles. The standard InChI is InChI=1S/C14H12N2O7/c17-12-10-7(4-21-12)15-13(18)16(14(19)20)11(10)6-1-2-8-9(3-6)23-5-22-8/h1-3,7,10-11H,4-5H2,(H,15,18)(H,19,20). The second kappa shape index (κ2) is 4.77. The number of urea groups is 1. The predicted octanol–water partition coefficient (Wildman–Crippen LogP) is 0.701. The minimum absolute atomic E-state index is 0.0315. The summed E-state index contributed by atoms with van der Waals surface area (Å²) in [6.45, 7) is 0.102. The molecular formula is C14H12N2O7. The Kier molecular flexibility index (Phi) is 2.83. The Labute approximate surface area is 129 Å². The molecule has 4 rings (SSSR count).